The first-order valence-electron chi connectivity index (χ1n) is 6.06. The first kappa shape index (κ1) is 11.4. The number of rotatable bonds is 4. The summed E-state index contributed by atoms with van der Waals surface area (Å²) in [5, 5.41) is 11.7. The average Bonchev–Trinajstić information content (AvgIpc) is 2.84. The Hall–Kier alpha value is -1.12. The number of anilines is 1. The molecule has 1 aliphatic carbocycles. The summed E-state index contributed by atoms with van der Waals surface area (Å²) in [6, 6.07) is 4.08. The molecular weight excluding hydrogens is 198 g/mol. The minimum absolute atomic E-state index is 0.448. The predicted molar refractivity (Wildman–Crippen MR) is 66.5 cm³/mol. The summed E-state index contributed by atoms with van der Waals surface area (Å²) < 4.78 is 0. The Morgan fingerprint density at radius 3 is 2.50 bits per heavy atom. The van der Waals surface area contributed by atoms with Gasteiger partial charge in [0.2, 0.25) is 0 Å². The number of nitrogens with one attached hydrogen (secondary N) is 1. The molecule has 3 heteroatoms. The van der Waals surface area contributed by atoms with E-state index in [1.165, 1.54) is 6.42 Å². The second-order valence-corrected chi connectivity index (χ2v) is 5.77. The van der Waals surface area contributed by atoms with Gasteiger partial charge >= 0.3 is 0 Å². The van der Waals surface area contributed by atoms with E-state index in [0.717, 1.165) is 24.0 Å². The van der Waals surface area contributed by atoms with Gasteiger partial charge in [0.15, 0.2) is 0 Å². The van der Waals surface area contributed by atoms with E-state index in [1.54, 1.807) is 0 Å². The maximum atomic E-state index is 4.20. The summed E-state index contributed by atoms with van der Waals surface area (Å²) in [7, 11) is 0. The Morgan fingerprint density at radius 1 is 1.38 bits per heavy atom. The Morgan fingerprint density at radius 2 is 2.06 bits per heavy atom. The SMILES string of the molecule is CC(C)c1ccc(NC[C@H]2CC2(C)C)nn1. The Labute approximate surface area is 97.7 Å². The molecule has 0 aliphatic heterocycles. The van der Waals surface area contributed by atoms with Crippen LogP contribution in [-0.2, 0) is 0 Å². The molecule has 0 aromatic carbocycles. The van der Waals surface area contributed by atoms with Gasteiger partial charge in [-0.1, -0.05) is 27.7 Å². The highest BCUT2D eigenvalue weighted by Gasteiger charge is 2.44. The Balaban J connectivity index is 1.86. The molecule has 1 heterocycles. The largest absolute Gasteiger partial charge is 0.368 e. The number of nitrogens with zero attached hydrogens (tertiary/aromatic N) is 2. The van der Waals surface area contributed by atoms with Gasteiger partial charge in [0, 0.05) is 6.54 Å². The highest BCUT2D eigenvalue weighted by Crippen LogP contribution is 2.51. The molecule has 16 heavy (non-hydrogen) atoms. The molecular formula is C13H21N3. The third-order valence-corrected chi connectivity index (χ3v) is 3.52. The number of hydrogen-bond acceptors (Lipinski definition) is 3. The number of aromatic nitrogens is 2. The van der Waals surface area contributed by atoms with E-state index in [4.69, 9.17) is 0 Å². The Bertz CT molecular complexity index is 354. The van der Waals surface area contributed by atoms with Gasteiger partial charge in [-0.2, -0.15) is 5.10 Å². The van der Waals surface area contributed by atoms with E-state index < -0.39 is 0 Å². The molecule has 0 bridgehead atoms. The van der Waals surface area contributed by atoms with E-state index in [-0.39, 0.29) is 0 Å². The van der Waals surface area contributed by atoms with Crippen molar-refractivity contribution in [1.29, 1.82) is 0 Å². The molecule has 0 spiro atoms. The third-order valence-electron chi connectivity index (χ3n) is 3.52. The Kier molecular flexibility index (Phi) is 2.87. The molecule has 0 saturated heterocycles. The quantitative estimate of drug-likeness (QED) is 0.845. The van der Waals surface area contributed by atoms with Gasteiger partial charge in [-0.05, 0) is 35.8 Å². The number of hydrogen-bond donors (Lipinski definition) is 1. The van der Waals surface area contributed by atoms with Gasteiger partial charge in [-0.15, -0.1) is 5.10 Å². The van der Waals surface area contributed by atoms with Crippen LogP contribution in [0.3, 0.4) is 0 Å². The zero-order valence-electron chi connectivity index (χ0n) is 10.6. The maximum absolute atomic E-state index is 4.20. The fraction of sp³-hybridized carbons (Fsp3) is 0.692. The zero-order chi connectivity index (χ0) is 11.8. The van der Waals surface area contributed by atoms with Crippen LogP contribution in [0.4, 0.5) is 5.82 Å². The van der Waals surface area contributed by atoms with Crippen LogP contribution in [-0.4, -0.2) is 16.7 Å². The first-order chi connectivity index (χ1) is 7.49. The summed E-state index contributed by atoms with van der Waals surface area (Å²) in [5.74, 6) is 2.13. The van der Waals surface area contributed by atoms with Gasteiger partial charge in [0.1, 0.15) is 5.82 Å². The van der Waals surface area contributed by atoms with E-state index in [1.807, 2.05) is 6.07 Å². The summed E-state index contributed by atoms with van der Waals surface area (Å²) in [6.07, 6.45) is 1.32. The fourth-order valence-corrected chi connectivity index (χ4v) is 1.90. The molecule has 1 aromatic rings. The lowest BCUT2D eigenvalue weighted by Crippen LogP contribution is -2.09. The molecule has 0 radical (unpaired) electrons. The van der Waals surface area contributed by atoms with Crippen LogP contribution < -0.4 is 5.32 Å². The van der Waals surface area contributed by atoms with Crippen molar-refractivity contribution in [3.05, 3.63) is 17.8 Å². The fourth-order valence-electron chi connectivity index (χ4n) is 1.90. The van der Waals surface area contributed by atoms with Gasteiger partial charge in [-0.25, -0.2) is 0 Å². The molecule has 3 nitrogen and oxygen atoms in total. The molecule has 0 unspecified atom stereocenters. The lowest BCUT2D eigenvalue weighted by atomic mass is 10.1. The van der Waals surface area contributed by atoms with Crippen LogP contribution in [0.5, 0.6) is 0 Å². The molecule has 1 fully saturated rings. The molecule has 1 aliphatic rings. The molecule has 1 saturated carbocycles. The van der Waals surface area contributed by atoms with Crippen molar-refractivity contribution in [2.45, 2.75) is 40.0 Å². The lowest BCUT2D eigenvalue weighted by molar-refractivity contribution is 0.572. The summed E-state index contributed by atoms with van der Waals surface area (Å²) >= 11 is 0. The van der Waals surface area contributed by atoms with E-state index in [2.05, 4.69) is 49.3 Å². The van der Waals surface area contributed by atoms with Crippen molar-refractivity contribution >= 4 is 5.82 Å². The first-order valence-corrected chi connectivity index (χ1v) is 6.06. The van der Waals surface area contributed by atoms with Crippen LogP contribution in [0.1, 0.15) is 45.7 Å². The summed E-state index contributed by atoms with van der Waals surface area (Å²) in [5.41, 5.74) is 1.58. The van der Waals surface area contributed by atoms with Crippen LogP contribution in [0.15, 0.2) is 12.1 Å². The van der Waals surface area contributed by atoms with Crippen molar-refractivity contribution in [3.8, 4) is 0 Å². The monoisotopic (exact) mass is 219 g/mol. The van der Waals surface area contributed by atoms with Crippen molar-refractivity contribution in [1.82, 2.24) is 10.2 Å². The second-order valence-electron chi connectivity index (χ2n) is 5.77. The molecule has 0 amide bonds. The average molecular weight is 219 g/mol. The maximum Gasteiger partial charge on any atom is 0.148 e. The third kappa shape index (κ3) is 2.52. The van der Waals surface area contributed by atoms with Crippen molar-refractivity contribution in [2.24, 2.45) is 11.3 Å². The molecule has 1 N–H and O–H groups in total. The molecule has 2 rings (SSSR count). The van der Waals surface area contributed by atoms with Crippen LogP contribution in [0.25, 0.3) is 0 Å². The van der Waals surface area contributed by atoms with Gasteiger partial charge in [0.05, 0.1) is 5.69 Å². The summed E-state index contributed by atoms with van der Waals surface area (Å²) in [4.78, 5) is 0. The zero-order valence-corrected chi connectivity index (χ0v) is 10.6. The van der Waals surface area contributed by atoms with Crippen LogP contribution in [0.2, 0.25) is 0 Å². The predicted octanol–water partition coefficient (Wildman–Crippen LogP) is 3.06. The van der Waals surface area contributed by atoms with Crippen molar-refractivity contribution < 1.29 is 0 Å². The normalized spacial score (nSPS) is 22.2. The topological polar surface area (TPSA) is 37.8 Å². The standard InChI is InChI=1S/C13H21N3/c1-9(2)11-5-6-12(16-15-11)14-8-10-7-13(10,3)4/h5-6,9-10H,7-8H2,1-4H3,(H,14,16)/t10-/m1/s1. The molecule has 1 aromatic heterocycles. The van der Waals surface area contributed by atoms with E-state index in [0.29, 0.717) is 11.3 Å². The van der Waals surface area contributed by atoms with E-state index >= 15 is 0 Å². The minimum atomic E-state index is 0.448. The van der Waals surface area contributed by atoms with Crippen LogP contribution in [0, 0.1) is 11.3 Å². The molecule has 88 valence electrons. The van der Waals surface area contributed by atoms with Gasteiger partial charge in [0.25, 0.3) is 0 Å². The highest BCUT2D eigenvalue weighted by molar-refractivity contribution is 5.33. The van der Waals surface area contributed by atoms with Crippen LogP contribution >= 0.6 is 0 Å². The van der Waals surface area contributed by atoms with E-state index in [9.17, 15) is 0 Å². The summed E-state index contributed by atoms with van der Waals surface area (Å²) in [6.45, 7) is 9.90. The second kappa shape index (κ2) is 4.04. The lowest BCUT2D eigenvalue weighted by Gasteiger charge is -2.07. The highest BCUT2D eigenvalue weighted by atomic mass is 15.2. The van der Waals surface area contributed by atoms with Crippen molar-refractivity contribution in [3.63, 3.8) is 0 Å². The molecule has 1 atom stereocenters. The van der Waals surface area contributed by atoms with Gasteiger partial charge in [-0.3, -0.25) is 0 Å². The van der Waals surface area contributed by atoms with Crippen molar-refractivity contribution in [2.75, 3.05) is 11.9 Å². The minimum Gasteiger partial charge on any atom is -0.368 e. The van der Waals surface area contributed by atoms with Gasteiger partial charge < -0.3 is 5.32 Å². The smallest absolute Gasteiger partial charge is 0.148 e.